The highest BCUT2D eigenvalue weighted by Crippen LogP contribution is 2.16. The Balaban J connectivity index is 1.46. The lowest BCUT2D eigenvalue weighted by Gasteiger charge is -2.30. The van der Waals surface area contributed by atoms with Gasteiger partial charge in [-0.2, -0.15) is 0 Å². The van der Waals surface area contributed by atoms with Crippen molar-refractivity contribution in [2.75, 3.05) is 52.6 Å². The summed E-state index contributed by atoms with van der Waals surface area (Å²) in [4.78, 5) is 10.1. The molecule has 0 aromatic heterocycles. The van der Waals surface area contributed by atoms with E-state index in [4.69, 9.17) is 12.2 Å². The van der Waals surface area contributed by atoms with Gasteiger partial charge in [-0.25, -0.2) is 0 Å². The lowest BCUT2D eigenvalue weighted by Crippen LogP contribution is -2.44. The second-order valence-electron chi connectivity index (χ2n) is 7.16. The van der Waals surface area contributed by atoms with Crippen LogP contribution in [-0.4, -0.2) is 77.3 Å². The standard InChI is InChI=1S/C17H32N4S/c22-17-20(15-18-9-5-1-2-6-10-18)13-14-21(17)16-19-11-7-3-4-8-12-19/h1-16H2. The van der Waals surface area contributed by atoms with Gasteiger partial charge in [0.15, 0.2) is 5.11 Å². The Morgan fingerprint density at radius 1 is 0.545 bits per heavy atom. The molecule has 0 aromatic rings. The molecule has 0 aromatic carbocycles. The van der Waals surface area contributed by atoms with Gasteiger partial charge < -0.3 is 9.80 Å². The van der Waals surface area contributed by atoms with E-state index in [1.807, 2.05) is 0 Å². The number of nitrogens with zero attached hydrogens (tertiary/aromatic N) is 4. The van der Waals surface area contributed by atoms with Crippen LogP contribution >= 0.6 is 12.2 Å². The van der Waals surface area contributed by atoms with Crippen LogP contribution in [0.1, 0.15) is 51.4 Å². The first-order chi connectivity index (χ1) is 10.8. The molecular formula is C17H32N4S. The molecule has 0 bridgehead atoms. The third-order valence-corrected chi connectivity index (χ3v) is 5.84. The van der Waals surface area contributed by atoms with Crippen molar-refractivity contribution in [3.63, 3.8) is 0 Å². The average molecular weight is 325 g/mol. The van der Waals surface area contributed by atoms with Crippen molar-refractivity contribution in [3.8, 4) is 0 Å². The molecule has 3 fully saturated rings. The second kappa shape index (κ2) is 8.46. The summed E-state index contributed by atoms with van der Waals surface area (Å²) in [7, 11) is 0. The Hall–Kier alpha value is -0.390. The average Bonchev–Trinajstić information content (AvgIpc) is 2.79. The van der Waals surface area contributed by atoms with Crippen LogP contribution in [0.25, 0.3) is 0 Å². The molecule has 0 N–H and O–H groups in total. The van der Waals surface area contributed by atoms with E-state index >= 15 is 0 Å². The summed E-state index contributed by atoms with van der Waals surface area (Å²) in [5.74, 6) is 0. The molecule has 3 heterocycles. The molecule has 3 aliphatic heterocycles. The van der Waals surface area contributed by atoms with Gasteiger partial charge in [0.25, 0.3) is 0 Å². The van der Waals surface area contributed by atoms with Crippen molar-refractivity contribution < 1.29 is 0 Å². The Labute approximate surface area is 141 Å². The van der Waals surface area contributed by atoms with E-state index in [1.54, 1.807) is 0 Å². The fourth-order valence-corrected chi connectivity index (χ4v) is 4.23. The summed E-state index contributed by atoms with van der Waals surface area (Å²) < 4.78 is 0. The van der Waals surface area contributed by atoms with Crippen molar-refractivity contribution >= 4 is 17.3 Å². The predicted octanol–water partition coefficient (Wildman–Crippen LogP) is 2.56. The maximum absolute atomic E-state index is 5.77. The van der Waals surface area contributed by atoms with E-state index in [0.29, 0.717) is 0 Å². The molecule has 0 spiro atoms. The molecule has 0 unspecified atom stereocenters. The molecule has 3 rings (SSSR count). The smallest absolute Gasteiger partial charge is 0.173 e. The number of thiocarbonyl (C=S) groups is 1. The molecule has 126 valence electrons. The molecule has 3 aliphatic rings. The molecule has 4 nitrogen and oxygen atoms in total. The largest absolute Gasteiger partial charge is 0.334 e. The molecule has 0 aliphatic carbocycles. The molecule has 22 heavy (non-hydrogen) atoms. The van der Waals surface area contributed by atoms with Crippen molar-refractivity contribution in [2.45, 2.75) is 51.4 Å². The van der Waals surface area contributed by atoms with Crippen molar-refractivity contribution in [2.24, 2.45) is 0 Å². The number of hydrogen-bond acceptors (Lipinski definition) is 3. The molecular weight excluding hydrogens is 292 g/mol. The van der Waals surface area contributed by atoms with Crippen LogP contribution in [-0.2, 0) is 0 Å². The molecule has 3 saturated heterocycles. The van der Waals surface area contributed by atoms with Crippen LogP contribution in [0.2, 0.25) is 0 Å². The SMILES string of the molecule is S=C1N(CN2CCCCCC2)CCN1CN1CCCCCC1. The van der Waals surface area contributed by atoms with Crippen LogP contribution in [0.3, 0.4) is 0 Å². The van der Waals surface area contributed by atoms with Gasteiger partial charge in [-0.15, -0.1) is 0 Å². The van der Waals surface area contributed by atoms with E-state index in [9.17, 15) is 0 Å². The zero-order valence-electron chi connectivity index (χ0n) is 14.0. The van der Waals surface area contributed by atoms with Gasteiger partial charge in [-0.3, -0.25) is 9.80 Å². The van der Waals surface area contributed by atoms with E-state index < -0.39 is 0 Å². The molecule has 0 saturated carbocycles. The van der Waals surface area contributed by atoms with Gasteiger partial charge in [0.2, 0.25) is 0 Å². The minimum Gasteiger partial charge on any atom is -0.334 e. The topological polar surface area (TPSA) is 13.0 Å². The van der Waals surface area contributed by atoms with Crippen LogP contribution < -0.4 is 0 Å². The highest BCUT2D eigenvalue weighted by Gasteiger charge is 2.27. The van der Waals surface area contributed by atoms with Crippen molar-refractivity contribution in [3.05, 3.63) is 0 Å². The van der Waals surface area contributed by atoms with Gasteiger partial charge in [0, 0.05) is 13.1 Å². The van der Waals surface area contributed by atoms with Gasteiger partial charge in [-0.05, 0) is 64.1 Å². The van der Waals surface area contributed by atoms with Crippen LogP contribution in [0.5, 0.6) is 0 Å². The maximum atomic E-state index is 5.77. The number of rotatable bonds is 4. The lowest BCUT2D eigenvalue weighted by atomic mass is 10.2. The quantitative estimate of drug-likeness (QED) is 0.735. The minimum atomic E-state index is 1.05. The summed E-state index contributed by atoms with van der Waals surface area (Å²) in [5.41, 5.74) is 0. The zero-order chi connectivity index (χ0) is 15.2. The van der Waals surface area contributed by atoms with Crippen LogP contribution in [0.4, 0.5) is 0 Å². The number of likely N-dealkylation sites (tertiary alicyclic amines) is 2. The van der Waals surface area contributed by atoms with Crippen molar-refractivity contribution in [1.82, 2.24) is 19.6 Å². The molecule has 5 heteroatoms. The second-order valence-corrected chi connectivity index (χ2v) is 7.52. The van der Waals surface area contributed by atoms with E-state index in [2.05, 4.69) is 19.6 Å². The van der Waals surface area contributed by atoms with Gasteiger partial charge >= 0.3 is 0 Å². The Morgan fingerprint density at radius 2 is 0.909 bits per heavy atom. The fourth-order valence-electron chi connectivity index (χ4n) is 3.93. The van der Waals surface area contributed by atoms with Gasteiger partial charge in [-0.1, -0.05) is 25.7 Å². The summed E-state index contributed by atoms with van der Waals surface area (Å²) >= 11 is 5.77. The van der Waals surface area contributed by atoms with Crippen LogP contribution in [0, 0.1) is 0 Å². The predicted molar refractivity (Wildman–Crippen MR) is 95.8 cm³/mol. The number of hydrogen-bond donors (Lipinski definition) is 0. The zero-order valence-corrected chi connectivity index (χ0v) is 14.8. The summed E-state index contributed by atoms with van der Waals surface area (Å²) in [6, 6.07) is 0. The fraction of sp³-hybridized carbons (Fsp3) is 0.941. The molecule has 0 radical (unpaired) electrons. The highest BCUT2D eigenvalue weighted by atomic mass is 32.1. The van der Waals surface area contributed by atoms with E-state index in [1.165, 1.54) is 77.5 Å². The van der Waals surface area contributed by atoms with Gasteiger partial charge in [0.1, 0.15) is 0 Å². The summed E-state index contributed by atoms with van der Waals surface area (Å²) in [6.07, 6.45) is 11.1. The maximum Gasteiger partial charge on any atom is 0.173 e. The van der Waals surface area contributed by atoms with E-state index in [-0.39, 0.29) is 0 Å². The first-order valence-electron chi connectivity index (χ1n) is 9.31. The molecule has 0 amide bonds. The van der Waals surface area contributed by atoms with E-state index in [0.717, 1.165) is 31.5 Å². The van der Waals surface area contributed by atoms with Crippen LogP contribution in [0.15, 0.2) is 0 Å². The van der Waals surface area contributed by atoms with Crippen molar-refractivity contribution in [1.29, 1.82) is 0 Å². The Kier molecular flexibility index (Phi) is 6.33. The van der Waals surface area contributed by atoms with Gasteiger partial charge in [0.05, 0.1) is 13.3 Å². The highest BCUT2D eigenvalue weighted by molar-refractivity contribution is 7.80. The summed E-state index contributed by atoms with van der Waals surface area (Å²) in [5, 5.41) is 1.09. The third kappa shape index (κ3) is 4.56. The lowest BCUT2D eigenvalue weighted by molar-refractivity contribution is 0.198. The first-order valence-corrected chi connectivity index (χ1v) is 9.72. The first kappa shape index (κ1) is 16.5. The Bertz CT molecular complexity index is 315. The third-order valence-electron chi connectivity index (χ3n) is 5.32. The minimum absolute atomic E-state index is 1.05. The summed E-state index contributed by atoms with van der Waals surface area (Å²) in [6.45, 7) is 9.35. The molecule has 0 atom stereocenters. The monoisotopic (exact) mass is 324 g/mol. The Morgan fingerprint density at radius 3 is 1.27 bits per heavy atom. The normalized spacial score (nSPS) is 26.3.